The highest BCUT2D eigenvalue weighted by Crippen LogP contribution is 2.32. The standard InChI is InChI=1S/C12H13N3O3/c1-7-9-10(18-14-7)12(17)15(11(9)16)13-8-5-3-2-4-6-8/h2-6,9-10,12-13,17H,1H3/t9-,10+,12-/m0/s1. The second kappa shape index (κ2) is 3.99. The molecule has 94 valence electrons. The van der Waals surface area contributed by atoms with E-state index in [-0.39, 0.29) is 5.91 Å². The molecule has 18 heavy (non-hydrogen) atoms. The van der Waals surface area contributed by atoms with Crippen molar-refractivity contribution in [1.82, 2.24) is 5.01 Å². The average Bonchev–Trinajstić information content (AvgIpc) is 2.87. The van der Waals surface area contributed by atoms with Crippen LogP contribution in [0.2, 0.25) is 0 Å². The molecule has 1 aromatic carbocycles. The van der Waals surface area contributed by atoms with Gasteiger partial charge in [0.2, 0.25) is 0 Å². The molecule has 3 rings (SSSR count). The van der Waals surface area contributed by atoms with E-state index in [1.165, 1.54) is 5.01 Å². The summed E-state index contributed by atoms with van der Waals surface area (Å²) in [5.74, 6) is -0.716. The van der Waals surface area contributed by atoms with E-state index in [1.54, 1.807) is 6.92 Å². The van der Waals surface area contributed by atoms with Crippen LogP contribution in [0.15, 0.2) is 35.5 Å². The number of hydrogen-bond acceptors (Lipinski definition) is 5. The zero-order valence-electron chi connectivity index (χ0n) is 9.78. The molecule has 2 N–H and O–H groups in total. The van der Waals surface area contributed by atoms with Crippen molar-refractivity contribution in [3.63, 3.8) is 0 Å². The molecular weight excluding hydrogens is 234 g/mol. The first-order chi connectivity index (χ1) is 8.68. The van der Waals surface area contributed by atoms with E-state index in [1.807, 2.05) is 30.3 Å². The first-order valence-electron chi connectivity index (χ1n) is 5.71. The molecule has 2 aliphatic rings. The van der Waals surface area contributed by atoms with E-state index >= 15 is 0 Å². The largest absolute Gasteiger partial charge is 0.386 e. The highest BCUT2D eigenvalue weighted by molar-refractivity contribution is 6.06. The summed E-state index contributed by atoms with van der Waals surface area (Å²) in [7, 11) is 0. The fraction of sp³-hybridized carbons (Fsp3) is 0.333. The Kier molecular flexibility index (Phi) is 2.45. The summed E-state index contributed by atoms with van der Waals surface area (Å²) in [6, 6.07) is 9.20. The van der Waals surface area contributed by atoms with Crippen LogP contribution in [0.5, 0.6) is 0 Å². The lowest BCUT2D eigenvalue weighted by Crippen LogP contribution is -2.41. The zero-order valence-corrected chi connectivity index (χ0v) is 9.78. The molecule has 3 atom stereocenters. The number of carbonyl (C=O) groups is 1. The maximum absolute atomic E-state index is 12.2. The lowest BCUT2D eigenvalue weighted by molar-refractivity contribution is -0.133. The molecule has 6 nitrogen and oxygen atoms in total. The van der Waals surface area contributed by atoms with Crippen LogP contribution >= 0.6 is 0 Å². The Morgan fingerprint density at radius 3 is 2.78 bits per heavy atom. The molecule has 2 aliphatic heterocycles. The van der Waals surface area contributed by atoms with Crippen LogP contribution < -0.4 is 5.43 Å². The maximum Gasteiger partial charge on any atom is 0.256 e. The van der Waals surface area contributed by atoms with Crippen molar-refractivity contribution in [1.29, 1.82) is 0 Å². The number of hydrazine groups is 1. The molecule has 0 spiro atoms. The summed E-state index contributed by atoms with van der Waals surface area (Å²) in [4.78, 5) is 17.2. The molecule has 1 amide bonds. The lowest BCUT2D eigenvalue weighted by Gasteiger charge is -2.23. The van der Waals surface area contributed by atoms with Crippen molar-refractivity contribution in [3.05, 3.63) is 30.3 Å². The number of carbonyl (C=O) groups excluding carboxylic acids is 1. The number of benzene rings is 1. The van der Waals surface area contributed by atoms with Gasteiger partial charge in [-0.3, -0.25) is 10.2 Å². The van der Waals surface area contributed by atoms with E-state index in [9.17, 15) is 9.90 Å². The fourth-order valence-electron chi connectivity index (χ4n) is 2.25. The van der Waals surface area contributed by atoms with Crippen LogP contribution in [-0.4, -0.2) is 34.1 Å². The Morgan fingerprint density at radius 1 is 1.39 bits per heavy atom. The van der Waals surface area contributed by atoms with Crippen LogP contribution in [-0.2, 0) is 9.63 Å². The van der Waals surface area contributed by atoms with Gasteiger partial charge in [-0.15, -0.1) is 0 Å². The van der Waals surface area contributed by atoms with Gasteiger partial charge in [0.15, 0.2) is 12.3 Å². The van der Waals surface area contributed by atoms with Crippen LogP contribution in [0.3, 0.4) is 0 Å². The number of aliphatic hydroxyl groups excluding tert-OH is 1. The minimum absolute atomic E-state index is 0.227. The summed E-state index contributed by atoms with van der Waals surface area (Å²) in [5.41, 5.74) is 4.22. The number of rotatable bonds is 2. The van der Waals surface area contributed by atoms with Gasteiger partial charge in [-0.05, 0) is 19.1 Å². The van der Waals surface area contributed by atoms with Crippen molar-refractivity contribution in [3.8, 4) is 0 Å². The second-order valence-electron chi connectivity index (χ2n) is 4.38. The Morgan fingerprint density at radius 2 is 2.11 bits per heavy atom. The topological polar surface area (TPSA) is 74.2 Å². The van der Waals surface area contributed by atoms with Gasteiger partial charge in [0.1, 0.15) is 5.92 Å². The Labute approximate surface area is 104 Å². The third kappa shape index (κ3) is 1.53. The molecule has 1 fully saturated rings. The van der Waals surface area contributed by atoms with Gasteiger partial charge in [-0.2, -0.15) is 0 Å². The Hall–Kier alpha value is -2.08. The first kappa shape index (κ1) is 11.0. The van der Waals surface area contributed by atoms with Crippen molar-refractivity contribution in [2.24, 2.45) is 11.1 Å². The van der Waals surface area contributed by atoms with Gasteiger partial charge in [0.05, 0.1) is 11.4 Å². The summed E-state index contributed by atoms with van der Waals surface area (Å²) in [5, 5.41) is 15.0. The highest BCUT2D eigenvalue weighted by Gasteiger charge is 2.54. The van der Waals surface area contributed by atoms with Gasteiger partial charge in [0.25, 0.3) is 5.91 Å². The van der Waals surface area contributed by atoms with Gasteiger partial charge in [0, 0.05) is 0 Å². The SMILES string of the molecule is CC1=NO[C@@H]2[C@H]1C(=O)N(Nc1ccccc1)[C@H]2O. The molecule has 0 radical (unpaired) electrons. The van der Waals surface area contributed by atoms with E-state index in [0.29, 0.717) is 5.71 Å². The summed E-state index contributed by atoms with van der Waals surface area (Å²) in [6.45, 7) is 1.72. The molecule has 0 unspecified atom stereocenters. The normalized spacial score (nSPS) is 29.9. The van der Waals surface area contributed by atoms with Crippen LogP contribution in [0, 0.1) is 5.92 Å². The van der Waals surface area contributed by atoms with Crippen molar-refractivity contribution >= 4 is 17.3 Å². The van der Waals surface area contributed by atoms with E-state index in [0.717, 1.165) is 5.69 Å². The molecular formula is C12H13N3O3. The summed E-state index contributed by atoms with van der Waals surface area (Å²) < 4.78 is 0. The average molecular weight is 247 g/mol. The number of nitrogens with zero attached hydrogens (tertiary/aromatic N) is 2. The Balaban J connectivity index is 1.82. The molecule has 0 aliphatic carbocycles. The van der Waals surface area contributed by atoms with Gasteiger partial charge in [-0.1, -0.05) is 23.4 Å². The number of nitrogens with one attached hydrogen (secondary N) is 1. The molecule has 2 heterocycles. The summed E-state index contributed by atoms with van der Waals surface area (Å²) >= 11 is 0. The molecule has 0 bridgehead atoms. The predicted molar refractivity (Wildman–Crippen MR) is 64.4 cm³/mol. The van der Waals surface area contributed by atoms with E-state index in [2.05, 4.69) is 10.6 Å². The van der Waals surface area contributed by atoms with Crippen LogP contribution in [0.4, 0.5) is 5.69 Å². The van der Waals surface area contributed by atoms with Gasteiger partial charge < -0.3 is 9.94 Å². The van der Waals surface area contributed by atoms with Crippen LogP contribution in [0.25, 0.3) is 0 Å². The van der Waals surface area contributed by atoms with E-state index in [4.69, 9.17) is 4.84 Å². The first-order valence-corrected chi connectivity index (χ1v) is 5.71. The highest BCUT2D eigenvalue weighted by atomic mass is 16.7. The predicted octanol–water partition coefficient (Wildman–Crippen LogP) is 0.565. The molecule has 1 aromatic rings. The number of oxime groups is 1. The number of anilines is 1. The molecule has 0 aromatic heterocycles. The number of para-hydroxylation sites is 1. The monoisotopic (exact) mass is 247 g/mol. The lowest BCUT2D eigenvalue weighted by atomic mass is 10.0. The number of amides is 1. The zero-order chi connectivity index (χ0) is 12.7. The molecule has 1 saturated heterocycles. The fourth-order valence-corrected chi connectivity index (χ4v) is 2.25. The van der Waals surface area contributed by atoms with Crippen LogP contribution in [0.1, 0.15) is 6.92 Å². The second-order valence-corrected chi connectivity index (χ2v) is 4.38. The molecule has 0 saturated carbocycles. The van der Waals surface area contributed by atoms with Gasteiger partial charge >= 0.3 is 0 Å². The quantitative estimate of drug-likeness (QED) is 0.801. The minimum atomic E-state index is -1.04. The summed E-state index contributed by atoms with van der Waals surface area (Å²) in [6.07, 6.45) is -1.65. The maximum atomic E-state index is 12.2. The number of aliphatic hydroxyl groups is 1. The number of fused-ring (bicyclic) bond motifs is 1. The number of hydrogen-bond donors (Lipinski definition) is 2. The smallest absolute Gasteiger partial charge is 0.256 e. The van der Waals surface area contributed by atoms with Gasteiger partial charge in [-0.25, -0.2) is 5.01 Å². The molecule has 6 heteroatoms. The Bertz CT molecular complexity index is 503. The minimum Gasteiger partial charge on any atom is -0.386 e. The van der Waals surface area contributed by atoms with Crippen molar-refractivity contribution in [2.75, 3.05) is 5.43 Å². The van der Waals surface area contributed by atoms with Crippen molar-refractivity contribution in [2.45, 2.75) is 19.3 Å². The third-order valence-electron chi connectivity index (χ3n) is 3.18. The third-order valence-corrected chi connectivity index (χ3v) is 3.18. The van der Waals surface area contributed by atoms with E-state index < -0.39 is 18.2 Å². The van der Waals surface area contributed by atoms with Crippen molar-refractivity contribution < 1.29 is 14.7 Å².